The van der Waals surface area contributed by atoms with Gasteiger partial charge in [-0.05, 0) is 52.9 Å². The third kappa shape index (κ3) is 3.33. The van der Waals surface area contributed by atoms with E-state index in [2.05, 4.69) is 32.9 Å². The summed E-state index contributed by atoms with van der Waals surface area (Å²) in [6, 6.07) is 0. The Kier molecular flexibility index (Phi) is 4.31. The summed E-state index contributed by atoms with van der Waals surface area (Å²) >= 11 is 0. The molecule has 0 aromatic rings. The van der Waals surface area contributed by atoms with Crippen LogP contribution in [-0.4, -0.2) is 5.78 Å². The van der Waals surface area contributed by atoms with Crippen LogP contribution in [0.3, 0.4) is 0 Å². The van der Waals surface area contributed by atoms with Crippen LogP contribution in [0.4, 0.5) is 0 Å². The van der Waals surface area contributed by atoms with Crippen molar-refractivity contribution in [3.63, 3.8) is 0 Å². The zero-order valence-electron chi connectivity index (χ0n) is 10.3. The molecule has 1 aliphatic rings. The van der Waals surface area contributed by atoms with Crippen LogP contribution >= 0.6 is 0 Å². The van der Waals surface area contributed by atoms with Gasteiger partial charge in [0.25, 0.3) is 0 Å². The summed E-state index contributed by atoms with van der Waals surface area (Å²) in [7, 11) is 0. The van der Waals surface area contributed by atoms with E-state index in [0.717, 1.165) is 19.3 Å². The monoisotopic (exact) mass is 206 g/mol. The third-order valence-electron chi connectivity index (χ3n) is 3.32. The van der Waals surface area contributed by atoms with Crippen LogP contribution in [0, 0.1) is 11.8 Å². The smallest absolute Gasteiger partial charge is 0.133 e. The van der Waals surface area contributed by atoms with E-state index in [9.17, 15) is 4.79 Å². The Balaban J connectivity index is 2.78. The van der Waals surface area contributed by atoms with Gasteiger partial charge in [0.15, 0.2) is 0 Å². The molecule has 0 saturated carbocycles. The molecule has 15 heavy (non-hydrogen) atoms. The van der Waals surface area contributed by atoms with Gasteiger partial charge in [0.1, 0.15) is 5.78 Å². The summed E-state index contributed by atoms with van der Waals surface area (Å²) < 4.78 is 0. The SMILES string of the molecule is CC(=O)[C@H]1CCC=C(C)[C@@H]1CC=C(C)C. The van der Waals surface area contributed by atoms with Gasteiger partial charge >= 0.3 is 0 Å². The van der Waals surface area contributed by atoms with Gasteiger partial charge in [-0.2, -0.15) is 0 Å². The normalized spacial score (nSPS) is 25.7. The second kappa shape index (κ2) is 5.29. The first-order valence-electron chi connectivity index (χ1n) is 5.83. The van der Waals surface area contributed by atoms with Crippen molar-refractivity contribution in [2.45, 2.75) is 47.0 Å². The molecule has 1 rings (SSSR count). The average Bonchev–Trinajstić information content (AvgIpc) is 2.15. The van der Waals surface area contributed by atoms with E-state index in [1.165, 1.54) is 11.1 Å². The maximum atomic E-state index is 11.6. The number of rotatable bonds is 3. The fourth-order valence-electron chi connectivity index (χ4n) is 2.36. The number of carbonyl (C=O) groups is 1. The first-order valence-corrected chi connectivity index (χ1v) is 5.83. The zero-order chi connectivity index (χ0) is 11.4. The van der Waals surface area contributed by atoms with Crippen molar-refractivity contribution in [3.05, 3.63) is 23.3 Å². The van der Waals surface area contributed by atoms with Crippen LogP contribution in [0.5, 0.6) is 0 Å². The van der Waals surface area contributed by atoms with Gasteiger partial charge < -0.3 is 0 Å². The van der Waals surface area contributed by atoms with E-state index in [1.54, 1.807) is 6.92 Å². The van der Waals surface area contributed by atoms with Crippen molar-refractivity contribution in [2.75, 3.05) is 0 Å². The molecule has 0 fully saturated rings. The molecule has 0 aliphatic heterocycles. The molecule has 2 atom stereocenters. The topological polar surface area (TPSA) is 17.1 Å². The predicted octanol–water partition coefficient (Wildman–Crippen LogP) is 3.90. The molecule has 1 heteroatoms. The lowest BCUT2D eigenvalue weighted by atomic mass is 9.75. The van der Waals surface area contributed by atoms with E-state index in [-0.39, 0.29) is 5.92 Å². The molecule has 0 saturated heterocycles. The minimum absolute atomic E-state index is 0.255. The summed E-state index contributed by atoms with van der Waals surface area (Å²) in [6.07, 6.45) is 7.68. The van der Waals surface area contributed by atoms with E-state index in [4.69, 9.17) is 0 Å². The Morgan fingerprint density at radius 2 is 2.13 bits per heavy atom. The van der Waals surface area contributed by atoms with Crippen molar-refractivity contribution in [1.82, 2.24) is 0 Å². The largest absolute Gasteiger partial charge is 0.300 e. The molecule has 0 N–H and O–H groups in total. The van der Waals surface area contributed by atoms with Gasteiger partial charge in [0, 0.05) is 5.92 Å². The Morgan fingerprint density at radius 1 is 1.47 bits per heavy atom. The minimum Gasteiger partial charge on any atom is -0.300 e. The molecular weight excluding hydrogens is 184 g/mol. The van der Waals surface area contributed by atoms with Crippen molar-refractivity contribution in [3.8, 4) is 0 Å². The molecular formula is C14H22O. The number of Topliss-reactive ketones (excluding diaryl/α,β-unsaturated/α-hetero) is 1. The third-order valence-corrected chi connectivity index (χ3v) is 3.32. The van der Waals surface area contributed by atoms with Crippen LogP contribution in [0.1, 0.15) is 47.0 Å². The van der Waals surface area contributed by atoms with Crippen molar-refractivity contribution < 1.29 is 4.79 Å². The van der Waals surface area contributed by atoms with Gasteiger partial charge in [-0.15, -0.1) is 0 Å². The second-order valence-corrected chi connectivity index (χ2v) is 4.87. The standard InChI is InChI=1S/C14H22O/c1-10(2)8-9-13-11(3)6-5-7-14(13)12(4)15/h6,8,13-14H,5,7,9H2,1-4H3/t13-,14+/m0/s1. The average molecular weight is 206 g/mol. The summed E-state index contributed by atoms with van der Waals surface area (Å²) in [5.74, 6) is 1.06. The molecule has 1 nitrogen and oxygen atoms in total. The maximum Gasteiger partial charge on any atom is 0.133 e. The number of ketones is 1. The number of hydrogen-bond donors (Lipinski definition) is 0. The Morgan fingerprint density at radius 3 is 2.67 bits per heavy atom. The summed E-state index contributed by atoms with van der Waals surface area (Å²) in [4.78, 5) is 11.6. The highest BCUT2D eigenvalue weighted by Gasteiger charge is 2.27. The van der Waals surface area contributed by atoms with Gasteiger partial charge in [0.2, 0.25) is 0 Å². The Bertz CT molecular complexity index is 292. The minimum atomic E-state index is 0.255. The lowest BCUT2D eigenvalue weighted by molar-refractivity contribution is -0.122. The molecule has 0 spiro atoms. The Labute approximate surface area is 93.3 Å². The first-order chi connectivity index (χ1) is 7.02. The van der Waals surface area contributed by atoms with Crippen molar-refractivity contribution in [1.29, 1.82) is 0 Å². The lowest BCUT2D eigenvalue weighted by Gasteiger charge is -2.29. The highest BCUT2D eigenvalue weighted by Crippen LogP contribution is 2.34. The lowest BCUT2D eigenvalue weighted by Crippen LogP contribution is -2.25. The van der Waals surface area contributed by atoms with Gasteiger partial charge in [-0.25, -0.2) is 0 Å². The van der Waals surface area contributed by atoms with Crippen molar-refractivity contribution in [2.24, 2.45) is 11.8 Å². The molecule has 0 heterocycles. The summed E-state index contributed by atoms with van der Waals surface area (Å²) in [5.41, 5.74) is 2.75. The zero-order valence-corrected chi connectivity index (χ0v) is 10.3. The number of carbonyl (C=O) groups excluding carboxylic acids is 1. The van der Waals surface area contributed by atoms with Gasteiger partial charge in [-0.1, -0.05) is 23.3 Å². The molecule has 0 aromatic carbocycles. The van der Waals surface area contributed by atoms with E-state index in [0.29, 0.717) is 11.7 Å². The summed E-state index contributed by atoms with van der Waals surface area (Å²) in [6.45, 7) is 8.13. The van der Waals surface area contributed by atoms with Crippen LogP contribution in [0.25, 0.3) is 0 Å². The van der Waals surface area contributed by atoms with Crippen LogP contribution in [0.2, 0.25) is 0 Å². The summed E-state index contributed by atoms with van der Waals surface area (Å²) in [5, 5.41) is 0. The second-order valence-electron chi connectivity index (χ2n) is 4.87. The fraction of sp³-hybridized carbons (Fsp3) is 0.643. The number of hydrogen-bond acceptors (Lipinski definition) is 1. The van der Waals surface area contributed by atoms with E-state index in [1.807, 2.05) is 0 Å². The molecule has 0 unspecified atom stereocenters. The molecule has 0 aromatic heterocycles. The van der Waals surface area contributed by atoms with Crippen LogP contribution in [-0.2, 0) is 4.79 Å². The predicted molar refractivity (Wildman–Crippen MR) is 64.7 cm³/mol. The maximum absolute atomic E-state index is 11.6. The molecule has 1 aliphatic carbocycles. The molecule has 84 valence electrons. The highest BCUT2D eigenvalue weighted by molar-refractivity contribution is 5.79. The first kappa shape index (κ1) is 12.2. The van der Waals surface area contributed by atoms with Crippen LogP contribution < -0.4 is 0 Å². The van der Waals surface area contributed by atoms with Crippen molar-refractivity contribution >= 4 is 5.78 Å². The van der Waals surface area contributed by atoms with E-state index >= 15 is 0 Å². The van der Waals surface area contributed by atoms with E-state index < -0.39 is 0 Å². The molecule has 0 radical (unpaired) electrons. The van der Waals surface area contributed by atoms with Crippen LogP contribution in [0.15, 0.2) is 23.3 Å². The Hall–Kier alpha value is -0.850. The van der Waals surface area contributed by atoms with Gasteiger partial charge in [-0.3, -0.25) is 4.79 Å². The fourth-order valence-corrected chi connectivity index (χ4v) is 2.36. The van der Waals surface area contributed by atoms with Gasteiger partial charge in [0.05, 0.1) is 0 Å². The number of allylic oxidation sites excluding steroid dienone is 4. The highest BCUT2D eigenvalue weighted by atomic mass is 16.1. The molecule has 0 bridgehead atoms. The quantitative estimate of drug-likeness (QED) is 0.640. The molecule has 0 amide bonds.